The number of halogens is 5. The van der Waals surface area contributed by atoms with Crippen LogP contribution in [0.1, 0.15) is 0 Å². The molecule has 210 valence electrons. The van der Waals surface area contributed by atoms with Crippen LogP contribution in [0.25, 0.3) is 0 Å². The summed E-state index contributed by atoms with van der Waals surface area (Å²) >= 11 is 22.4. The largest absolute Gasteiger partial charge is 0.497 e. The lowest BCUT2D eigenvalue weighted by molar-refractivity contribution is 0.415. The lowest BCUT2D eigenvalue weighted by Gasteiger charge is -2.02. The molecular weight excluding hydrogens is 589 g/mol. The summed E-state index contributed by atoms with van der Waals surface area (Å²) in [5.41, 5.74) is 24.0. The van der Waals surface area contributed by atoms with E-state index in [1.807, 2.05) is 0 Å². The topological polar surface area (TPSA) is 132 Å². The van der Waals surface area contributed by atoms with Crippen LogP contribution >= 0.6 is 46.4 Å². The maximum Gasteiger partial charge on any atom is 0.143 e. The minimum Gasteiger partial charge on any atom is -0.497 e. The van der Waals surface area contributed by atoms with Crippen molar-refractivity contribution in [2.75, 3.05) is 44.3 Å². The SMILES string of the molecule is COc1cc(Cl)ccc1N.COc1cc(N)ccc1Cl.COc1ccc(N)c(Cl)c1.Nc1ccc(F)c(Cl)c1. The van der Waals surface area contributed by atoms with E-state index in [1.54, 1.807) is 75.9 Å². The number of rotatable bonds is 3. The standard InChI is InChI=1S/3C7H8ClNO.C6H5ClFN/c1-10-5-2-3-7(9)6(8)4-5;1-10-7-4-5(9)2-3-6(7)8;1-10-7-4-5(8)2-3-6(7)9;7-5-3-4(9)1-2-6(5)8/h3*2-4H,9H2,1H3;1-3H,9H2. The molecule has 0 fully saturated rings. The summed E-state index contributed by atoms with van der Waals surface area (Å²) in [4.78, 5) is 0. The summed E-state index contributed by atoms with van der Waals surface area (Å²) in [6.45, 7) is 0. The van der Waals surface area contributed by atoms with Gasteiger partial charge in [-0.1, -0.05) is 46.4 Å². The first-order valence-corrected chi connectivity index (χ1v) is 12.4. The van der Waals surface area contributed by atoms with Gasteiger partial charge in [0.15, 0.2) is 0 Å². The molecule has 0 aliphatic carbocycles. The Kier molecular flexibility index (Phi) is 14.8. The number of benzene rings is 4. The van der Waals surface area contributed by atoms with E-state index in [-0.39, 0.29) is 5.02 Å². The van der Waals surface area contributed by atoms with Crippen LogP contribution < -0.4 is 37.1 Å². The normalized spacial score (nSPS) is 9.44. The number of anilines is 4. The number of hydrogen-bond donors (Lipinski definition) is 4. The maximum absolute atomic E-state index is 12.3. The van der Waals surface area contributed by atoms with Gasteiger partial charge in [-0.2, -0.15) is 0 Å². The molecule has 0 unspecified atom stereocenters. The fraction of sp³-hybridized carbons (Fsp3) is 0.111. The van der Waals surface area contributed by atoms with Crippen LogP contribution in [0.5, 0.6) is 17.2 Å². The smallest absolute Gasteiger partial charge is 0.143 e. The lowest BCUT2D eigenvalue weighted by atomic mass is 10.3. The van der Waals surface area contributed by atoms with E-state index >= 15 is 0 Å². The molecule has 4 aromatic rings. The molecule has 0 saturated carbocycles. The van der Waals surface area contributed by atoms with E-state index in [2.05, 4.69) is 0 Å². The molecule has 39 heavy (non-hydrogen) atoms. The van der Waals surface area contributed by atoms with Gasteiger partial charge in [-0.25, -0.2) is 4.39 Å². The van der Waals surface area contributed by atoms with Crippen LogP contribution in [-0.4, -0.2) is 21.3 Å². The van der Waals surface area contributed by atoms with Gasteiger partial charge < -0.3 is 37.1 Å². The Balaban J connectivity index is 0.000000260. The summed E-state index contributed by atoms with van der Waals surface area (Å²) in [6, 6.07) is 19.4. The lowest BCUT2D eigenvalue weighted by Crippen LogP contribution is -1.90. The van der Waals surface area contributed by atoms with E-state index in [1.165, 1.54) is 18.2 Å². The zero-order valence-corrected chi connectivity index (χ0v) is 24.4. The molecule has 0 aliphatic rings. The van der Waals surface area contributed by atoms with Crippen molar-refractivity contribution in [2.24, 2.45) is 0 Å². The molecule has 0 heterocycles. The van der Waals surface area contributed by atoms with Crippen LogP contribution in [0.15, 0.2) is 72.8 Å². The van der Waals surface area contributed by atoms with Crippen LogP contribution in [0.2, 0.25) is 20.1 Å². The molecule has 0 atom stereocenters. The van der Waals surface area contributed by atoms with E-state index < -0.39 is 5.82 Å². The van der Waals surface area contributed by atoms with Crippen LogP contribution in [-0.2, 0) is 0 Å². The van der Waals surface area contributed by atoms with Crippen molar-refractivity contribution in [3.05, 3.63) is 98.7 Å². The van der Waals surface area contributed by atoms with E-state index in [9.17, 15) is 4.39 Å². The monoisotopic (exact) mass is 616 g/mol. The first kappa shape index (κ1) is 33.6. The number of nitrogens with two attached hydrogens (primary N) is 4. The van der Waals surface area contributed by atoms with Crippen molar-refractivity contribution in [1.82, 2.24) is 0 Å². The van der Waals surface area contributed by atoms with Gasteiger partial charge in [0.2, 0.25) is 0 Å². The minimum atomic E-state index is -0.439. The number of ether oxygens (including phenoxy) is 3. The molecule has 4 rings (SSSR count). The van der Waals surface area contributed by atoms with Gasteiger partial charge in [0.25, 0.3) is 0 Å². The molecule has 0 bridgehead atoms. The molecule has 0 aromatic heterocycles. The minimum absolute atomic E-state index is 0.0648. The molecule has 0 saturated heterocycles. The average Bonchev–Trinajstić information content (AvgIpc) is 2.92. The summed E-state index contributed by atoms with van der Waals surface area (Å²) in [5.74, 6) is 1.51. The van der Waals surface area contributed by atoms with Gasteiger partial charge in [-0.15, -0.1) is 0 Å². The van der Waals surface area contributed by atoms with Gasteiger partial charge >= 0.3 is 0 Å². The average molecular weight is 618 g/mol. The number of methoxy groups -OCH3 is 3. The molecule has 8 N–H and O–H groups in total. The van der Waals surface area contributed by atoms with Crippen molar-refractivity contribution in [3.8, 4) is 17.2 Å². The zero-order chi connectivity index (χ0) is 29.5. The van der Waals surface area contributed by atoms with Crippen LogP contribution in [0, 0.1) is 5.82 Å². The van der Waals surface area contributed by atoms with E-state index in [0.717, 1.165) is 5.75 Å². The highest BCUT2D eigenvalue weighted by Crippen LogP contribution is 2.26. The predicted octanol–water partition coefficient (Wildman–Crippen LogP) is 7.85. The van der Waals surface area contributed by atoms with E-state index in [0.29, 0.717) is 49.3 Å². The predicted molar refractivity (Wildman–Crippen MR) is 163 cm³/mol. The Labute approximate surface area is 247 Å². The van der Waals surface area contributed by atoms with Gasteiger partial charge in [-0.05, 0) is 54.6 Å². The fourth-order valence-corrected chi connectivity index (χ4v) is 3.22. The number of nitrogen functional groups attached to an aromatic ring is 4. The quantitative estimate of drug-likeness (QED) is 0.172. The second kappa shape index (κ2) is 17.2. The molecule has 0 radical (unpaired) electrons. The summed E-state index contributed by atoms with van der Waals surface area (Å²) < 4.78 is 27.1. The Bertz CT molecular complexity index is 1300. The highest BCUT2D eigenvalue weighted by molar-refractivity contribution is 6.33. The summed E-state index contributed by atoms with van der Waals surface area (Å²) in [6.07, 6.45) is 0. The van der Waals surface area contributed by atoms with Gasteiger partial charge in [0.1, 0.15) is 23.1 Å². The molecule has 0 spiro atoms. The summed E-state index contributed by atoms with van der Waals surface area (Å²) in [7, 11) is 4.70. The third-order valence-electron chi connectivity index (χ3n) is 4.52. The third-order valence-corrected chi connectivity index (χ3v) is 5.69. The van der Waals surface area contributed by atoms with Crippen LogP contribution in [0.3, 0.4) is 0 Å². The molecular formula is C27H29Cl4FN4O3. The molecule has 12 heteroatoms. The zero-order valence-electron chi connectivity index (χ0n) is 21.4. The fourth-order valence-electron chi connectivity index (χ4n) is 2.51. The highest BCUT2D eigenvalue weighted by atomic mass is 35.5. The molecule has 0 amide bonds. The van der Waals surface area contributed by atoms with Crippen LogP contribution in [0.4, 0.5) is 27.1 Å². The van der Waals surface area contributed by atoms with Crippen molar-refractivity contribution in [2.45, 2.75) is 0 Å². The first-order chi connectivity index (χ1) is 18.4. The third kappa shape index (κ3) is 12.3. The number of hydrogen-bond acceptors (Lipinski definition) is 7. The van der Waals surface area contributed by atoms with Crippen molar-refractivity contribution in [3.63, 3.8) is 0 Å². The van der Waals surface area contributed by atoms with E-state index in [4.69, 9.17) is 83.5 Å². The van der Waals surface area contributed by atoms with Gasteiger partial charge in [-0.3, -0.25) is 0 Å². The maximum atomic E-state index is 12.3. The van der Waals surface area contributed by atoms with Crippen molar-refractivity contribution >= 4 is 69.2 Å². The Morgan fingerprint density at radius 3 is 1.62 bits per heavy atom. The Morgan fingerprint density at radius 1 is 0.538 bits per heavy atom. The van der Waals surface area contributed by atoms with Gasteiger partial charge in [0, 0.05) is 34.6 Å². The second-order valence-corrected chi connectivity index (χ2v) is 9.00. The Morgan fingerprint density at radius 2 is 1.13 bits per heavy atom. The van der Waals surface area contributed by atoms with Gasteiger partial charge in [0.05, 0.1) is 47.8 Å². The Hall–Kier alpha value is -3.43. The molecule has 4 aromatic carbocycles. The molecule has 7 nitrogen and oxygen atoms in total. The van der Waals surface area contributed by atoms with Crippen molar-refractivity contribution in [1.29, 1.82) is 0 Å². The summed E-state index contributed by atoms with van der Waals surface area (Å²) in [5, 5.41) is 1.80. The second-order valence-electron chi connectivity index (χ2n) is 7.34. The highest BCUT2D eigenvalue weighted by Gasteiger charge is 1.99. The molecule has 0 aliphatic heterocycles. The first-order valence-electron chi connectivity index (χ1n) is 10.9. The van der Waals surface area contributed by atoms with Crippen molar-refractivity contribution < 1.29 is 18.6 Å².